The first-order valence-corrected chi connectivity index (χ1v) is 5.92. The molecule has 0 aliphatic rings. The molecule has 0 rings (SSSR count). The van der Waals surface area contributed by atoms with Gasteiger partial charge in [-0.15, -0.1) is 12.3 Å². The van der Waals surface area contributed by atoms with Crippen LogP contribution in [0.1, 0.15) is 64.7 Å². The topological polar surface area (TPSA) is 20.2 Å². The molecule has 0 fully saturated rings. The lowest BCUT2D eigenvalue weighted by molar-refractivity contribution is 0.166. The molecule has 1 unspecified atom stereocenters. The highest BCUT2D eigenvalue weighted by molar-refractivity contribution is 4.86. The van der Waals surface area contributed by atoms with Gasteiger partial charge >= 0.3 is 0 Å². The number of aliphatic hydroxyl groups is 1. The van der Waals surface area contributed by atoms with Crippen molar-refractivity contribution >= 4 is 0 Å². The van der Waals surface area contributed by atoms with Gasteiger partial charge in [0.2, 0.25) is 0 Å². The monoisotopic (exact) mass is 196 g/mol. The van der Waals surface area contributed by atoms with E-state index >= 15 is 0 Å². The van der Waals surface area contributed by atoms with Gasteiger partial charge in [-0.1, -0.05) is 51.9 Å². The molecule has 0 aromatic rings. The Morgan fingerprint density at radius 1 is 1.07 bits per heavy atom. The molecule has 0 amide bonds. The fourth-order valence-corrected chi connectivity index (χ4v) is 1.58. The summed E-state index contributed by atoms with van der Waals surface area (Å²) in [6.07, 6.45) is 15.3. The van der Waals surface area contributed by atoms with E-state index in [0.717, 1.165) is 12.8 Å². The lowest BCUT2D eigenvalue weighted by Crippen LogP contribution is -2.04. The average molecular weight is 196 g/mol. The van der Waals surface area contributed by atoms with Crippen LogP contribution in [0.5, 0.6) is 0 Å². The highest BCUT2D eigenvalue weighted by Gasteiger charge is 2.00. The summed E-state index contributed by atoms with van der Waals surface area (Å²) in [7, 11) is 0. The maximum Gasteiger partial charge on any atom is 0.0649 e. The molecule has 1 atom stereocenters. The molecule has 0 spiro atoms. The summed E-state index contributed by atoms with van der Waals surface area (Å²) in [6.45, 7) is 2.23. The predicted octanol–water partition coefficient (Wildman–Crippen LogP) is 3.51. The zero-order valence-corrected chi connectivity index (χ0v) is 9.47. The minimum Gasteiger partial charge on any atom is -0.392 e. The third kappa shape index (κ3) is 9.61. The minimum atomic E-state index is -0.268. The van der Waals surface area contributed by atoms with Crippen molar-refractivity contribution in [2.45, 2.75) is 70.8 Å². The first kappa shape index (κ1) is 13.5. The Labute approximate surface area is 88.9 Å². The van der Waals surface area contributed by atoms with Crippen molar-refractivity contribution in [3.8, 4) is 12.3 Å². The van der Waals surface area contributed by atoms with Gasteiger partial charge in [-0.2, -0.15) is 0 Å². The van der Waals surface area contributed by atoms with Crippen LogP contribution in [0.25, 0.3) is 0 Å². The molecule has 0 radical (unpaired) electrons. The Kier molecular flexibility index (Phi) is 10.2. The second kappa shape index (κ2) is 10.6. The van der Waals surface area contributed by atoms with Gasteiger partial charge in [-0.05, 0) is 6.42 Å². The summed E-state index contributed by atoms with van der Waals surface area (Å²) in [6, 6.07) is 0. The first-order chi connectivity index (χ1) is 6.81. The number of unbranched alkanes of at least 4 members (excludes halogenated alkanes) is 6. The maximum atomic E-state index is 9.35. The fraction of sp³-hybridized carbons (Fsp3) is 0.846. The van der Waals surface area contributed by atoms with E-state index in [1.807, 2.05) is 0 Å². The van der Waals surface area contributed by atoms with Crippen molar-refractivity contribution in [1.82, 2.24) is 0 Å². The molecule has 0 heterocycles. The second-order valence-electron chi connectivity index (χ2n) is 3.97. The van der Waals surface area contributed by atoms with Crippen molar-refractivity contribution in [1.29, 1.82) is 0 Å². The smallest absolute Gasteiger partial charge is 0.0649 e. The van der Waals surface area contributed by atoms with Crippen LogP contribution in [-0.4, -0.2) is 11.2 Å². The van der Waals surface area contributed by atoms with Crippen molar-refractivity contribution in [2.24, 2.45) is 0 Å². The van der Waals surface area contributed by atoms with E-state index in [2.05, 4.69) is 12.8 Å². The van der Waals surface area contributed by atoms with Gasteiger partial charge in [-0.3, -0.25) is 0 Å². The van der Waals surface area contributed by atoms with Crippen LogP contribution >= 0.6 is 0 Å². The van der Waals surface area contributed by atoms with Crippen molar-refractivity contribution in [3.05, 3.63) is 0 Å². The Hall–Kier alpha value is -0.480. The van der Waals surface area contributed by atoms with E-state index in [-0.39, 0.29) is 6.10 Å². The lowest BCUT2D eigenvalue weighted by atomic mass is 10.1. The third-order valence-electron chi connectivity index (χ3n) is 2.49. The summed E-state index contributed by atoms with van der Waals surface area (Å²) >= 11 is 0. The van der Waals surface area contributed by atoms with E-state index in [4.69, 9.17) is 6.42 Å². The molecular weight excluding hydrogens is 172 g/mol. The van der Waals surface area contributed by atoms with Crippen molar-refractivity contribution < 1.29 is 5.11 Å². The van der Waals surface area contributed by atoms with Gasteiger partial charge in [0, 0.05) is 6.42 Å². The van der Waals surface area contributed by atoms with E-state index in [9.17, 15) is 5.11 Å². The molecule has 0 saturated heterocycles. The van der Waals surface area contributed by atoms with Crippen LogP contribution in [0.4, 0.5) is 0 Å². The highest BCUT2D eigenvalue weighted by Crippen LogP contribution is 2.10. The quantitative estimate of drug-likeness (QED) is 0.442. The van der Waals surface area contributed by atoms with Crippen LogP contribution in [-0.2, 0) is 0 Å². The van der Waals surface area contributed by atoms with Crippen LogP contribution < -0.4 is 0 Å². The molecule has 82 valence electrons. The maximum absolute atomic E-state index is 9.35. The summed E-state index contributed by atoms with van der Waals surface area (Å²) < 4.78 is 0. The second-order valence-corrected chi connectivity index (χ2v) is 3.97. The van der Waals surface area contributed by atoms with Crippen molar-refractivity contribution in [3.63, 3.8) is 0 Å². The molecule has 0 bridgehead atoms. The number of rotatable bonds is 9. The van der Waals surface area contributed by atoms with E-state index < -0.39 is 0 Å². The summed E-state index contributed by atoms with van der Waals surface area (Å²) in [5, 5.41) is 9.35. The number of hydrogen-bond donors (Lipinski definition) is 1. The first-order valence-electron chi connectivity index (χ1n) is 5.92. The lowest BCUT2D eigenvalue weighted by Gasteiger charge is -2.06. The number of aliphatic hydroxyl groups excluding tert-OH is 1. The van der Waals surface area contributed by atoms with Gasteiger partial charge < -0.3 is 5.11 Å². The van der Waals surface area contributed by atoms with E-state index in [1.165, 1.54) is 38.5 Å². The average Bonchev–Trinajstić information content (AvgIpc) is 2.17. The third-order valence-corrected chi connectivity index (χ3v) is 2.49. The molecule has 1 heteroatoms. The van der Waals surface area contributed by atoms with Gasteiger partial charge in [-0.25, -0.2) is 0 Å². The molecule has 0 aromatic carbocycles. The van der Waals surface area contributed by atoms with Gasteiger partial charge in [0.15, 0.2) is 0 Å². The largest absolute Gasteiger partial charge is 0.392 e. The number of hydrogen-bond acceptors (Lipinski definition) is 1. The summed E-state index contributed by atoms with van der Waals surface area (Å²) in [5.74, 6) is 2.49. The molecule has 0 saturated carbocycles. The van der Waals surface area contributed by atoms with Crippen LogP contribution in [0, 0.1) is 12.3 Å². The standard InChI is InChI=1S/C13H24O/c1-3-5-6-7-8-9-10-12-13(14)11-4-2/h2,13-14H,3,5-12H2,1H3. The molecule has 14 heavy (non-hydrogen) atoms. The Balaban J connectivity index is 3.02. The number of terminal acetylenes is 1. The Morgan fingerprint density at radius 3 is 2.21 bits per heavy atom. The normalized spacial score (nSPS) is 12.4. The summed E-state index contributed by atoms with van der Waals surface area (Å²) in [4.78, 5) is 0. The Bertz CT molecular complexity index is 146. The van der Waals surface area contributed by atoms with Crippen LogP contribution in [0.15, 0.2) is 0 Å². The van der Waals surface area contributed by atoms with E-state index in [0.29, 0.717) is 6.42 Å². The van der Waals surface area contributed by atoms with Crippen molar-refractivity contribution in [2.75, 3.05) is 0 Å². The fourth-order valence-electron chi connectivity index (χ4n) is 1.58. The minimum absolute atomic E-state index is 0.268. The van der Waals surface area contributed by atoms with Gasteiger partial charge in [0.1, 0.15) is 0 Å². The molecular formula is C13H24O. The molecule has 0 aromatic heterocycles. The van der Waals surface area contributed by atoms with Gasteiger partial charge in [0.25, 0.3) is 0 Å². The highest BCUT2D eigenvalue weighted by atomic mass is 16.3. The SMILES string of the molecule is C#CCC(O)CCCCCCCCC. The van der Waals surface area contributed by atoms with Crippen LogP contribution in [0.3, 0.4) is 0 Å². The van der Waals surface area contributed by atoms with Gasteiger partial charge in [0.05, 0.1) is 6.10 Å². The molecule has 0 aliphatic carbocycles. The zero-order valence-electron chi connectivity index (χ0n) is 9.47. The Morgan fingerprint density at radius 2 is 1.64 bits per heavy atom. The summed E-state index contributed by atoms with van der Waals surface area (Å²) in [5.41, 5.74) is 0. The molecule has 0 aliphatic heterocycles. The zero-order chi connectivity index (χ0) is 10.6. The predicted molar refractivity (Wildman–Crippen MR) is 62.1 cm³/mol. The molecule has 1 nitrogen and oxygen atoms in total. The molecule has 1 N–H and O–H groups in total. The van der Waals surface area contributed by atoms with Crippen LogP contribution in [0.2, 0.25) is 0 Å². The van der Waals surface area contributed by atoms with E-state index in [1.54, 1.807) is 0 Å².